The average molecular weight is 705 g/mol. The van der Waals surface area contributed by atoms with Crippen LogP contribution in [0.2, 0.25) is 0 Å². The molecule has 264 valence electrons. The van der Waals surface area contributed by atoms with Gasteiger partial charge in [-0.3, -0.25) is 0 Å². The Kier molecular flexibility index (Phi) is 6.90. The summed E-state index contributed by atoms with van der Waals surface area (Å²) in [6.45, 7) is 15.8. The van der Waals surface area contributed by atoms with Crippen molar-refractivity contribution in [1.82, 2.24) is 0 Å². The number of furan rings is 1. The number of ether oxygens (including phenoxy) is 2. The fourth-order valence-corrected chi connectivity index (χ4v) is 8.61. The van der Waals surface area contributed by atoms with Gasteiger partial charge in [-0.25, -0.2) is 4.57 Å². The molecule has 0 amide bonds. The molecule has 0 radical (unpaired) electrons. The Bertz CT molecular complexity index is 2860. The molecule has 5 heteroatoms. The summed E-state index contributed by atoms with van der Waals surface area (Å²) in [7, 11) is 2.08. The number of hydrogen-bond donors (Lipinski definition) is 0. The minimum atomic E-state index is -0.00160. The van der Waals surface area contributed by atoms with E-state index < -0.39 is 0 Å². The average Bonchev–Trinajstić information content (AvgIpc) is 3.51. The monoisotopic (exact) mass is 704 g/mol. The minimum absolute atomic E-state index is 0.00160. The summed E-state index contributed by atoms with van der Waals surface area (Å²) in [5.74, 6) is 3.55. The summed E-state index contributed by atoms with van der Waals surface area (Å²) in [6.07, 6.45) is 2.08. The van der Waals surface area contributed by atoms with E-state index in [1.165, 1.54) is 27.6 Å². The summed E-state index contributed by atoms with van der Waals surface area (Å²) >= 11 is 0. The molecule has 0 unspecified atom stereocenters. The number of pyridine rings is 1. The largest absolute Gasteiger partial charge is 0.458 e. The van der Waals surface area contributed by atoms with Crippen LogP contribution in [0.3, 0.4) is 0 Å². The number of nitrogens with zero attached hydrogens (tertiary/aromatic N) is 1. The first-order chi connectivity index (χ1) is 25.8. The lowest BCUT2D eigenvalue weighted by atomic mass is 9.34. The second kappa shape index (κ2) is 11.4. The molecule has 2 aliphatic rings. The van der Waals surface area contributed by atoms with Crippen molar-refractivity contribution in [3.8, 4) is 45.4 Å². The van der Waals surface area contributed by atoms with Crippen LogP contribution in [0.15, 0.2) is 120 Å². The van der Waals surface area contributed by atoms with Crippen LogP contribution in [0.1, 0.15) is 58.2 Å². The Balaban J connectivity index is 1.13. The van der Waals surface area contributed by atoms with Gasteiger partial charge in [0, 0.05) is 33.8 Å². The van der Waals surface area contributed by atoms with Gasteiger partial charge in [-0.15, -0.1) is 0 Å². The van der Waals surface area contributed by atoms with Gasteiger partial charge < -0.3 is 13.9 Å². The lowest BCUT2D eigenvalue weighted by Crippen LogP contribution is -2.57. The lowest BCUT2D eigenvalue weighted by Gasteiger charge is -2.35. The van der Waals surface area contributed by atoms with Crippen LogP contribution in [-0.2, 0) is 17.9 Å². The molecule has 2 aromatic heterocycles. The first-order valence-corrected chi connectivity index (χ1v) is 19.0. The fourth-order valence-electron chi connectivity index (χ4n) is 8.61. The van der Waals surface area contributed by atoms with Crippen molar-refractivity contribution in [3.05, 3.63) is 132 Å². The number of aryl methyl sites for hydroxylation is 2. The summed E-state index contributed by atoms with van der Waals surface area (Å²) in [5, 5.41) is 4.39. The molecule has 0 spiro atoms. The van der Waals surface area contributed by atoms with Crippen molar-refractivity contribution < 1.29 is 18.5 Å². The molecule has 2 aliphatic heterocycles. The zero-order valence-corrected chi connectivity index (χ0v) is 32.2. The van der Waals surface area contributed by atoms with Crippen molar-refractivity contribution in [3.63, 3.8) is 0 Å². The third-order valence-corrected chi connectivity index (χ3v) is 11.7. The predicted molar refractivity (Wildman–Crippen MR) is 223 cm³/mol. The van der Waals surface area contributed by atoms with Gasteiger partial charge in [0.2, 0.25) is 5.69 Å². The molecule has 6 aromatic carbocycles. The molecule has 0 fully saturated rings. The smallest absolute Gasteiger partial charge is 0.260 e. The standard InChI is InChI=1S/C49H43BNO3/c1-28-12-17-36-35-19-14-30(24-42(35)54-46(36)44(28)39-11-9-10-22-51(39)8)29-13-18-34-31(23-29)25-43-45-47(34)53-41-21-16-33(49(5,6)7)27-38(41)50(45)37-26-32(48(2,3)4)15-20-40(37)52-43/h9-27H,1-8H3/q+1. The van der Waals surface area contributed by atoms with Gasteiger partial charge >= 0.3 is 0 Å². The Morgan fingerprint density at radius 3 is 1.93 bits per heavy atom. The molecule has 4 heterocycles. The van der Waals surface area contributed by atoms with Crippen LogP contribution in [0.5, 0.6) is 23.0 Å². The predicted octanol–water partition coefficient (Wildman–Crippen LogP) is 10.5. The molecule has 8 aromatic rings. The number of benzene rings is 6. The van der Waals surface area contributed by atoms with E-state index in [1.807, 2.05) is 0 Å². The highest BCUT2D eigenvalue weighted by molar-refractivity contribution is 6.98. The van der Waals surface area contributed by atoms with Crippen molar-refractivity contribution in [2.75, 3.05) is 0 Å². The molecule has 54 heavy (non-hydrogen) atoms. The highest BCUT2D eigenvalue weighted by Gasteiger charge is 2.42. The molecule has 4 nitrogen and oxygen atoms in total. The van der Waals surface area contributed by atoms with E-state index in [9.17, 15) is 0 Å². The maximum absolute atomic E-state index is 6.92. The SMILES string of the molecule is Cc1ccc2c(oc3cc(-c4ccc5c6c7c(cc5c4)Oc4ccc(C(C)(C)C)cc4B7c4cc(C(C)(C)C)ccc4O6)ccc32)c1-c1cccc[n+]1C. The molecular weight excluding hydrogens is 661 g/mol. The van der Waals surface area contributed by atoms with E-state index in [1.54, 1.807) is 0 Å². The van der Waals surface area contributed by atoms with Gasteiger partial charge in [0.05, 0.1) is 5.56 Å². The van der Waals surface area contributed by atoms with Crippen LogP contribution < -0.4 is 30.4 Å². The minimum Gasteiger partial charge on any atom is -0.458 e. The number of hydrogen-bond acceptors (Lipinski definition) is 3. The van der Waals surface area contributed by atoms with Gasteiger partial charge in [-0.1, -0.05) is 96.1 Å². The normalized spacial score (nSPS) is 13.4. The van der Waals surface area contributed by atoms with Crippen LogP contribution in [-0.4, -0.2) is 6.71 Å². The molecule has 0 atom stereocenters. The van der Waals surface area contributed by atoms with Gasteiger partial charge in [0.25, 0.3) is 6.71 Å². The Morgan fingerprint density at radius 2 is 1.24 bits per heavy atom. The third kappa shape index (κ3) is 4.94. The molecule has 0 saturated carbocycles. The fraction of sp³-hybridized carbons (Fsp3) is 0.204. The van der Waals surface area contributed by atoms with Crippen LogP contribution in [0, 0.1) is 6.92 Å². The highest BCUT2D eigenvalue weighted by Crippen LogP contribution is 2.43. The highest BCUT2D eigenvalue weighted by atomic mass is 16.5. The van der Waals surface area contributed by atoms with E-state index in [0.717, 1.165) is 83.6 Å². The van der Waals surface area contributed by atoms with E-state index >= 15 is 0 Å². The first-order valence-electron chi connectivity index (χ1n) is 19.0. The van der Waals surface area contributed by atoms with Gasteiger partial charge in [-0.05, 0) is 104 Å². The quantitative estimate of drug-likeness (QED) is 0.133. The zero-order valence-electron chi connectivity index (χ0n) is 32.2. The maximum atomic E-state index is 6.92. The molecule has 10 rings (SSSR count). The van der Waals surface area contributed by atoms with Crippen molar-refractivity contribution in [2.24, 2.45) is 7.05 Å². The van der Waals surface area contributed by atoms with Crippen molar-refractivity contribution >= 4 is 55.8 Å². The van der Waals surface area contributed by atoms with Crippen LogP contribution >= 0.6 is 0 Å². The van der Waals surface area contributed by atoms with Gasteiger partial charge in [0.15, 0.2) is 6.20 Å². The van der Waals surface area contributed by atoms with E-state index in [-0.39, 0.29) is 17.5 Å². The van der Waals surface area contributed by atoms with E-state index in [4.69, 9.17) is 13.9 Å². The van der Waals surface area contributed by atoms with E-state index in [0.29, 0.717) is 0 Å². The summed E-state index contributed by atoms with van der Waals surface area (Å²) in [6, 6.07) is 39.6. The number of aromatic nitrogens is 1. The topological polar surface area (TPSA) is 35.5 Å². The number of rotatable bonds is 2. The lowest BCUT2D eigenvalue weighted by molar-refractivity contribution is -0.660. The maximum Gasteiger partial charge on any atom is 0.260 e. The molecule has 0 bridgehead atoms. The second-order valence-corrected chi connectivity index (χ2v) is 17.3. The third-order valence-electron chi connectivity index (χ3n) is 11.7. The van der Waals surface area contributed by atoms with Gasteiger partial charge in [0.1, 0.15) is 41.2 Å². The molecule has 0 saturated heterocycles. The van der Waals surface area contributed by atoms with Crippen LogP contribution in [0.25, 0.3) is 55.1 Å². The summed E-state index contributed by atoms with van der Waals surface area (Å²) in [5.41, 5.74) is 13.5. The van der Waals surface area contributed by atoms with Gasteiger partial charge in [-0.2, -0.15) is 0 Å². The summed E-state index contributed by atoms with van der Waals surface area (Å²) < 4.78 is 22.6. The summed E-state index contributed by atoms with van der Waals surface area (Å²) in [4.78, 5) is 0. The van der Waals surface area contributed by atoms with Crippen molar-refractivity contribution in [2.45, 2.75) is 59.3 Å². The zero-order chi connectivity index (χ0) is 37.3. The Labute approximate surface area is 317 Å². The molecule has 0 N–H and O–H groups in total. The molecular formula is C49H43BNO3+. The Hall–Kier alpha value is -5.81. The Morgan fingerprint density at radius 1 is 0.593 bits per heavy atom. The van der Waals surface area contributed by atoms with Crippen LogP contribution in [0.4, 0.5) is 0 Å². The number of fused-ring (bicyclic) bond motifs is 9. The van der Waals surface area contributed by atoms with Crippen molar-refractivity contribution in [1.29, 1.82) is 0 Å². The second-order valence-electron chi connectivity index (χ2n) is 17.3. The first kappa shape index (κ1) is 32.8. The molecule has 0 aliphatic carbocycles. The van der Waals surface area contributed by atoms with E-state index in [2.05, 4.69) is 175 Å².